The number of nitrogens with two attached hydrogens (primary N) is 1. The lowest BCUT2D eigenvalue weighted by Crippen LogP contribution is -2.19. The monoisotopic (exact) mass is 327 g/mol. The zero-order chi connectivity index (χ0) is 18.3. The average molecular weight is 327 g/mol. The summed E-state index contributed by atoms with van der Waals surface area (Å²) in [7, 11) is 0. The van der Waals surface area contributed by atoms with E-state index in [4.69, 9.17) is 16.2 Å². The molecule has 0 saturated carbocycles. The van der Waals surface area contributed by atoms with Crippen LogP contribution in [-0.2, 0) is 4.79 Å². The van der Waals surface area contributed by atoms with E-state index < -0.39 is 23.6 Å². The fourth-order valence-corrected chi connectivity index (χ4v) is 1.38. The molecule has 0 bridgehead atoms. The number of benzene rings is 1. The van der Waals surface area contributed by atoms with E-state index in [1.807, 2.05) is 13.8 Å². The molecule has 1 aromatic rings. The normalized spacial score (nSPS) is 10.8. The number of aliphatic carboxylic acids is 1. The van der Waals surface area contributed by atoms with Crippen molar-refractivity contribution in [3.05, 3.63) is 29.6 Å². The van der Waals surface area contributed by atoms with Gasteiger partial charge in [-0.2, -0.15) is 0 Å². The Kier molecular flexibility index (Phi) is 14.6. The number of nitrogens with zero attached hydrogens (tertiary/aromatic N) is 1. The topological polar surface area (TPSA) is 120 Å². The zero-order valence-corrected chi connectivity index (χ0v) is 13.8. The minimum Gasteiger partial charge on any atom is -0.504 e. The van der Waals surface area contributed by atoms with Crippen LogP contribution in [0.5, 0.6) is 5.75 Å². The molecule has 1 unspecified atom stereocenters. The third-order valence-electron chi connectivity index (χ3n) is 2.38. The van der Waals surface area contributed by atoms with Gasteiger partial charge in [0.15, 0.2) is 11.6 Å². The maximum atomic E-state index is 13.0. The van der Waals surface area contributed by atoms with Crippen molar-refractivity contribution in [1.82, 2.24) is 0 Å². The first kappa shape index (κ1) is 23.0. The molecule has 7 heteroatoms. The van der Waals surface area contributed by atoms with E-state index in [9.17, 15) is 14.3 Å². The number of carboxylic acid groups (broad SMARTS) is 1. The van der Waals surface area contributed by atoms with Gasteiger partial charge in [-0.3, -0.25) is 4.99 Å². The van der Waals surface area contributed by atoms with E-state index >= 15 is 0 Å². The number of halogens is 1. The predicted octanol–water partition coefficient (Wildman–Crippen LogP) is 2.82. The Hall–Kier alpha value is -2.28. The van der Waals surface area contributed by atoms with Crippen LogP contribution in [0.25, 0.3) is 0 Å². The summed E-state index contributed by atoms with van der Waals surface area (Å²) in [5, 5.41) is 24.4. The van der Waals surface area contributed by atoms with E-state index in [-0.39, 0.29) is 5.56 Å². The molecule has 1 atom stereocenters. The van der Waals surface area contributed by atoms with Gasteiger partial charge in [0.1, 0.15) is 6.04 Å². The summed E-state index contributed by atoms with van der Waals surface area (Å²) in [6.07, 6.45) is 3.25. The van der Waals surface area contributed by atoms with Crippen LogP contribution in [0, 0.1) is 11.2 Å². The summed E-state index contributed by atoms with van der Waals surface area (Å²) in [4.78, 5) is 14.7. The van der Waals surface area contributed by atoms with Gasteiger partial charge in [0.25, 0.3) is 0 Å². The summed E-state index contributed by atoms with van der Waals surface area (Å²) < 4.78 is 13.0. The highest BCUT2D eigenvalue weighted by molar-refractivity contribution is 5.86. The molecule has 5 N–H and O–H groups in total. The molecule has 0 aromatic heterocycles. The van der Waals surface area contributed by atoms with Gasteiger partial charge in [0, 0.05) is 11.8 Å². The zero-order valence-electron chi connectivity index (χ0n) is 13.8. The number of phenols is 1. The van der Waals surface area contributed by atoms with E-state index in [0.29, 0.717) is 19.4 Å². The maximum absolute atomic E-state index is 13.0. The van der Waals surface area contributed by atoms with Gasteiger partial charge >= 0.3 is 5.97 Å². The predicted molar refractivity (Wildman–Crippen MR) is 91.2 cm³/mol. The van der Waals surface area contributed by atoms with E-state index in [1.54, 1.807) is 6.92 Å². The summed E-state index contributed by atoms with van der Waals surface area (Å²) in [5.74, 6) is -2.38. The lowest BCUT2D eigenvalue weighted by atomic mass is 10.1. The highest BCUT2D eigenvalue weighted by Crippen LogP contribution is 2.19. The van der Waals surface area contributed by atoms with E-state index in [0.717, 1.165) is 12.3 Å². The highest BCUT2D eigenvalue weighted by Gasteiger charge is 2.14. The van der Waals surface area contributed by atoms with Crippen molar-refractivity contribution in [3.63, 3.8) is 0 Å². The molecule has 1 aromatic carbocycles. The van der Waals surface area contributed by atoms with E-state index in [1.165, 1.54) is 18.3 Å². The number of hydrogen-bond acceptors (Lipinski definition) is 5. The van der Waals surface area contributed by atoms with Gasteiger partial charge < -0.3 is 21.4 Å². The Balaban J connectivity index is 0. The first-order valence-electron chi connectivity index (χ1n) is 7.36. The Morgan fingerprint density at radius 1 is 1.48 bits per heavy atom. The van der Waals surface area contributed by atoms with Gasteiger partial charge in [-0.25, -0.2) is 9.18 Å². The number of phenolic OH excluding ortho intramolecular Hbond substituents is 1. The summed E-state index contributed by atoms with van der Waals surface area (Å²) in [5.41, 5.74) is 5.44. The number of rotatable bonds is 6. The van der Waals surface area contributed by atoms with Crippen molar-refractivity contribution < 1.29 is 19.4 Å². The molecular formula is C16H26FN3O3. The van der Waals surface area contributed by atoms with Crippen LogP contribution in [0.15, 0.2) is 23.2 Å². The Morgan fingerprint density at radius 2 is 2.04 bits per heavy atom. The average Bonchev–Trinajstić information content (AvgIpc) is 2.53. The molecule has 6 nitrogen and oxygen atoms in total. The molecule has 0 radical (unpaired) electrons. The van der Waals surface area contributed by atoms with Gasteiger partial charge in [0.05, 0.1) is 0 Å². The van der Waals surface area contributed by atoms with Gasteiger partial charge in [-0.15, -0.1) is 0 Å². The maximum Gasteiger partial charge on any atom is 0.328 e. The first-order chi connectivity index (χ1) is 11.0. The number of nitrogens with one attached hydrogen (secondary N) is 1. The third-order valence-corrected chi connectivity index (χ3v) is 2.38. The molecule has 0 fully saturated rings. The number of hydrogen-bond donors (Lipinski definition) is 4. The van der Waals surface area contributed by atoms with Gasteiger partial charge in [-0.05, 0) is 44.7 Å². The molecule has 0 saturated heterocycles. The SMILES string of the molecule is CC.CC=N.NCCCC(N=Cc1cccc(F)c1O)C(=O)O. The summed E-state index contributed by atoms with van der Waals surface area (Å²) in [6, 6.07) is 3.03. The lowest BCUT2D eigenvalue weighted by Gasteiger charge is -2.06. The van der Waals surface area contributed by atoms with Crippen LogP contribution < -0.4 is 5.73 Å². The standard InChI is InChI=1S/C12H15FN2O3.C2H5N.C2H6/c13-9-4-1-3-8(11(9)16)7-15-10(12(17)18)5-2-6-14;1-2-3;1-2/h1,3-4,7,10,16H,2,5-6,14H2,(H,17,18);2-3H,1H3;1-2H3. The summed E-state index contributed by atoms with van der Waals surface area (Å²) in [6.45, 7) is 6.05. The molecule has 0 heterocycles. The number of carbonyl (C=O) groups is 1. The third kappa shape index (κ3) is 10.1. The van der Waals surface area contributed by atoms with Crippen molar-refractivity contribution in [2.24, 2.45) is 10.7 Å². The van der Waals surface area contributed by atoms with Crippen molar-refractivity contribution in [1.29, 1.82) is 5.41 Å². The Morgan fingerprint density at radius 3 is 2.52 bits per heavy atom. The number of para-hydroxylation sites is 1. The van der Waals surface area contributed by atoms with Crippen LogP contribution >= 0.6 is 0 Å². The second kappa shape index (κ2) is 14.6. The van der Waals surface area contributed by atoms with E-state index in [2.05, 4.69) is 4.99 Å². The fraction of sp³-hybridized carbons (Fsp3) is 0.438. The van der Waals surface area contributed by atoms with Crippen LogP contribution in [0.2, 0.25) is 0 Å². The van der Waals surface area contributed by atoms with Crippen LogP contribution in [-0.4, -0.2) is 41.2 Å². The van der Waals surface area contributed by atoms with Crippen molar-refractivity contribution in [2.75, 3.05) is 6.54 Å². The first-order valence-corrected chi connectivity index (χ1v) is 7.36. The van der Waals surface area contributed by atoms with Crippen molar-refractivity contribution in [3.8, 4) is 5.75 Å². The molecule has 0 aliphatic carbocycles. The van der Waals surface area contributed by atoms with Gasteiger partial charge in [0.2, 0.25) is 0 Å². The molecule has 0 spiro atoms. The Labute approximate surface area is 136 Å². The molecule has 0 amide bonds. The lowest BCUT2D eigenvalue weighted by molar-refractivity contribution is -0.138. The van der Waals surface area contributed by atoms with Crippen LogP contribution in [0.4, 0.5) is 4.39 Å². The highest BCUT2D eigenvalue weighted by atomic mass is 19.1. The molecule has 130 valence electrons. The fourth-order valence-electron chi connectivity index (χ4n) is 1.38. The molecule has 23 heavy (non-hydrogen) atoms. The minimum absolute atomic E-state index is 0.147. The van der Waals surface area contributed by atoms with Crippen LogP contribution in [0.1, 0.15) is 39.2 Å². The number of carboxylic acids is 1. The van der Waals surface area contributed by atoms with Gasteiger partial charge in [-0.1, -0.05) is 19.9 Å². The number of aliphatic imine (C=N–C) groups is 1. The molecule has 0 aliphatic rings. The molecule has 1 rings (SSSR count). The number of aromatic hydroxyl groups is 1. The smallest absolute Gasteiger partial charge is 0.328 e. The second-order valence-electron chi connectivity index (χ2n) is 4.03. The quantitative estimate of drug-likeness (QED) is 0.600. The minimum atomic E-state index is -1.07. The Bertz CT molecular complexity index is 493. The van der Waals surface area contributed by atoms with Crippen molar-refractivity contribution in [2.45, 2.75) is 39.7 Å². The largest absolute Gasteiger partial charge is 0.504 e. The summed E-state index contributed by atoms with van der Waals surface area (Å²) >= 11 is 0. The molecule has 0 aliphatic heterocycles. The van der Waals surface area contributed by atoms with Crippen LogP contribution in [0.3, 0.4) is 0 Å². The van der Waals surface area contributed by atoms with Crippen molar-refractivity contribution >= 4 is 18.4 Å². The second-order valence-corrected chi connectivity index (χ2v) is 4.03. The molecular weight excluding hydrogens is 301 g/mol.